The van der Waals surface area contributed by atoms with Gasteiger partial charge >= 0.3 is 0 Å². The van der Waals surface area contributed by atoms with E-state index in [1.54, 1.807) is 14.0 Å². The molecule has 2 atom stereocenters. The predicted molar refractivity (Wildman–Crippen MR) is 99.4 cm³/mol. The monoisotopic (exact) mass is 342 g/mol. The quantitative estimate of drug-likeness (QED) is 0.572. The van der Waals surface area contributed by atoms with E-state index in [4.69, 9.17) is 16.3 Å². The van der Waals surface area contributed by atoms with Crippen molar-refractivity contribution in [2.75, 3.05) is 7.11 Å². The zero-order valence-corrected chi connectivity index (χ0v) is 14.9. The summed E-state index contributed by atoms with van der Waals surface area (Å²) >= 11 is 5.95. The normalized spacial score (nSPS) is 13.8. The second-order valence-electron chi connectivity index (χ2n) is 5.86. The fraction of sp³-hybridized carbons (Fsp3) is 0.286. The molecule has 0 aliphatic rings. The van der Waals surface area contributed by atoms with Gasteiger partial charge in [-0.25, -0.2) is 0 Å². The van der Waals surface area contributed by atoms with Gasteiger partial charge in [-0.3, -0.25) is 4.79 Å². The molecule has 2 rings (SSSR count). The summed E-state index contributed by atoms with van der Waals surface area (Å²) in [6.07, 6.45) is 5.47. The maximum absolute atomic E-state index is 11.6. The summed E-state index contributed by atoms with van der Waals surface area (Å²) in [4.78, 5) is 11.6. The molecule has 0 aliphatic carbocycles. The van der Waals surface area contributed by atoms with E-state index in [1.165, 1.54) is 0 Å². The Hall–Kier alpha value is -1.90. The van der Waals surface area contributed by atoms with Crippen molar-refractivity contribution >= 4 is 17.4 Å². The summed E-state index contributed by atoms with van der Waals surface area (Å²) in [5.74, 6) is 0.235. The number of ether oxygens (including phenoxy) is 1. The number of hydrogen-bond donors (Lipinski definition) is 0. The molecule has 0 saturated heterocycles. The molecule has 0 N–H and O–H groups in total. The number of allylic oxidation sites excluding steroid dienone is 1. The van der Waals surface area contributed by atoms with E-state index in [0.717, 1.165) is 17.5 Å². The molecule has 0 unspecified atom stereocenters. The Morgan fingerprint density at radius 2 is 1.75 bits per heavy atom. The first-order chi connectivity index (χ1) is 11.6. The number of rotatable bonds is 8. The number of ketones is 1. The van der Waals surface area contributed by atoms with Gasteiger partial charge in [0.25, 0.3) is 0 Å². The Morgan fingerprint density at radius 3 is 2.33 bits per heavy atom. The maximum atomic E-state index is 11.6. The van der Waals surface area contributed by atoms with Crippen molar-refractivity contribution in [1.82, 2.24) is 0 Å². The van der Waals surface area contributed by atoms with Crippen LogP contribution in [0, 0.1) is 0 Å². The lowest BCUT2D eigenvalue weighted by atomic mass is 9.93. The lowest BCUT2D eigenvalue weighted by Gasteiger charge is -2.15. The molecule has 2 nitrogen and oxygen atoms in total. The highest BCUT2D eigenvalue weighted by Crippen LogP contribution is 2.26. The highest BCUT2D eigenvalue weighted by Gasteiger charge is 2.12. The average Bonchev–Trinajstić information content (AvgIpc) is 2.59. The molecule has 0 heterocycles. The van der Waals surface area contributed by atoms with E-state index < -0.39 is 0 Å². The topological polar surface area (TPSA) is 26.3 Å². The summed E-state index contributed by atoms with van der Waals surface area (Å²) < 4.78 is 5.59. The number of benzene rings is 2. The van der Waals surface area contributed by atoms with Gasteiger partial charge in [0, 0.05) is 24.5 Å². The van der Waals surface area contributed by atoms with Crippen molar-refractivity contribution < 1.29 is 9.53 Å². The van der Waals surface area contributed by atoms with E-state index in [2.05, 4.69) is 24.3 Å². The van der Waals surface area contributed by atoms with Crippen molar-refractivity contribution in [3.63, 3.8) is 0 Å². The molecule has 0 fully saturated rings. The van der Waals surface area contributed by atoms with Gasteiger partial charge in [-0.2, -0.15) is 0 Å². The predicted octanol–water partition coefficient (Wildman–Crippen LogP) is 5.74. The lowest BCUT2D eigenvalue weighted by Crippen LogP contribution is -2.03. The molecular weight excluding hydrogens is 320 g/mol. The highest BCUT2D eigenvalue weighted by atomic mass is 35.5. The van der Waals surface area contributed by atoms with Gasteiger partial charge in [-0.15, -0.1) is 0 Å². The van der Waals surface area contributed by atoms with Crippen LogP contribution in [-0.4, -0.2) is 12.9 Å². The van der Waals surface area contributed by atoms with Gasteiger partial charge in [0.05, 0.1) is 6.10 Å². The van der Waals surface area contributed by atoms with Crippen molar-refractivity contribution in [2.45, 2.75) is 31.8 Å². The summed E-state index contributed by atoms with van der Waals surface area (Å²) in [5.41, 5.74) is 2.25. The van der Waals surface area contributed by atoms with Crippen molar-refractivity contribution in [3.8, 4) is 0 Å². The molecule has 126 valence electrons. The summed E-state index contributed by atoms with van der Waals surface area (Å²) in [7, 11) is 1.72. The molecule has 24 heavy (non-hydrogen) atoms. The number of carbonyl (C=O) groups excluding carboxylic acids is 1. The van der Waals surface area contributed by atoms with E-state index in [1.807, 2.05) is 42.5 Å². The van der Waals surface area contributed by atoms with Crippen LogP contribution in [0.3, 0.4) is 0 Å². The Bertz CT molecular complexity index is 662. The number of Topliss-reactive ketones (excluding diaryl/α,β-unsaturated/α-hetero) is 1. The molecule has 0 spiro atoms. The zero-order chi connectivity index (χ0) is 17.4. The third kappa shape index (κ3) is 5.63. The SMILES string of the molecule is CO[C@H](C/C=C/[C@@H](CC(C)=O)c1ccc(Cl)cc1)c1ccccc1. The summed E-state index contributed by atoms with van der Waals surface area (Å²) in [6.45, 7) is 1.62. The van der Waals surface area contributed by atoms with E-state index in [0.29, 0.717) is 11.4 Å². The lowest BCUT2D eigenvalue weighted by molar-refractivity contribution is -0.117. The van der Waals surface area contributed by atoms with Crippen LogP contribution < -0.4 is 0 Å². The third-order valence-corrected chi connectivity index (χ3v) is 4.23. The maximum Gasteiger partial charge on any atom is 0.130 e. The van der Waals surface area contributed by atoms with E-state index in [9.17, 15) is 4.79 Å². The first-order valence-corrected chi connectivity index (χ1v) is 8.47. The molecule has 0 aliphatic heterocycles. The smallest absolute Gasteiger partial charge is 0.130 e. The number of halogens is 1. The number of hydrogen-bond acceptors (Lipinski definition) is 2. The van der Waals surface area contributed by atoms with Gasteiger partial charge in [0.15, 0.2) is 0 Å². The van der Waals surface area contributed by atoms with Crippen molar-refractivity contribution in [2.24, 2.45) is 0 Å². The summed E-state index contributed by atoms with van der Waals surface area (Å²) in [6, 6.07) is 17.8. The Labute approximate surface area is 149 Å². The highest BCUT2D eigenvalue weighted by molar-refractivity contribution is 6.30. The minimum absolute atomic E-state index is 0.0191. The van der Waals surface area contributed by atoms with Gasteiger partial charge in [0.1, 0.15) is 5.78 Å². The standard InChI is InChI=1S/C21H23ClO2/c1-16(23)15-19(17-11-13-20(22)14-12-17)9-6-10-21(24-2)18-7-4-3-5-8-18/h3-9,11-14,19,21H,10,15H2,1-2H3/b9-6+/t19-,21+/m0/s1. The van der Waals surface area contributed by atoms with Gasteiger partial charge in [-0.1, -0.05) is 66.2 Å². The van der Waals surface area contributed by atoms with Gasteiger partial charge in [0.2, 0.25) is 0 Å². The third-order valence-electron chi connectivity index (χ3n) is 3.98. The van der Waals surface area contributed by atoms with E-state index in [-0.39, 0.29) is 17.8 Å². The second kappa shape index (κ2) is 9.41. The fourth-order valence-electron chi connectivity index (χ4n) is 2.72. The molecular formula is C21H23ClO2. The molecule has 2 aromatic carbocycles. The number of methoxy groups -OCH3 is 1. The Balaban J connectivity index is 2.09. The fourth-order valence-corrected chi connectivity index (χ4v) is 2.85. The van der Waals surface area contributed by atoms with Crippen molar-refractivity contribution in [1.29, 1.82) is 0 Å². The molecule has 0 bridgehead atoms. The van der Waals surface area contributed by atoms with Gasteiger partial charge in [-0.05, 0) is 36.6 Å². The minimum Gasteiger partial charge on any atom is -0.376 e. The van der Waals surface area contributed by atoms with Crippen LogP contribution in [0.15, 0.2) is 66.7 Å². The Morgan fingerprint density at radius 1 is 1.08 bits per heavy atom. The van der Waals surface area contributed by atoms with Crippen LogP contribution in [0.5, 0.6) is 0 Å². The second-order valence-corrected chi connectivity index (χ2v) is 6.30. The van der Waals surface area contributed by atoms with Crippen LogP contribution in [0.2, 0.25) is 5.02 Å². The molecule has 0 amide bonds. The van der Waals surface area contributed by atoms with Crippen LogP contribution in [-0.2, 0) is 9.53 Å². The first kappa shape index (κ1) is 18.4. The molecule has 3 heteroatoms. The van der Waals surface area contributed by atoms with Crippen LogP contribution in [0.4, 0.5) is 0 Å². The Kier molecular flexibility index (Phi) is 7.23. The zero-order valence-electron chi connectivity index (χ0n) is 14.1. The van der Waals surface area contributed by atoms with Crippen LogP contribution in [0.25, 0.3) is 0 Å². The van der Waals surface area contributed by atoms with Crippen molar-refractivity contribution in [3.05, 3.63) is 82.9 Å². The molecule has 2 aromatic rings. The molecule has 0 radical (unpaired) electrons. The van der Waals surface area contributed by atoms with Gasteiger partial charge < -0.3 is 4.74 Å². The number of carbonyl (C=O) groups is 1. The summed E-state index contributed by atoms with van der Waals surface area (Å²) in [5, 5.41) is 0.702. The largest absolute Gasteiger partial charge is 0.376 e. The molecule has 0 aromatic heterocycles. The minimum atomic E-state index is 0.0191. The average molecular weight is 343 g/mol. The van der Waals surface area contributed by atoms with E-state index >= 15 is 0 Å². The van der Waals surface area contributed by atoms with Crippen LogP contribution in [0.1, 0.15) is 42.9 Å². The molecule has 0 saturated carbocycles. The van der Waals surface area contributed by atoms with Crippen LogP contribution >= 0.6 is 11.6 Å². The first-order valence-electron chi connectivity index (χ1n) is 8.09.